The molecule has 1 aromatic carbocycles. The van der Waals surface area contributed by atoms with Gasteiger partial charge in [-0.2, -0.15) is 10.1 Å². The second-order valence-corrected chi connectivity index (χ2v) is 5.92. The van der Waals surface area contributed by atoms with Gasteiger partial charge in [-0.3, -0.25) is 0 Å². The number of halogens is 1. The minimum absolute atomic E-state index is 0.498. The first kappa shape index (κ1) is 14.7. The maximum Gasteiger partial charge on any atom is 0.224 e. The Morgan fingerprint density at radius 3 is 2.36 bits per heavy atom. The number of ether oxygens (including phenoxy) is 1. The first-order valence-corrected chi connectivity index (χ1v) is 7.63. The Hall–Kier alpha value is -2.21. The van der Waals surface area contributed by atoms with Crippen LogP contribution < -0.4 is 4.74 Å². The highest BCUT2D eigenvalue weighted by molar-refractivity contribution is 9.10. The van der Waals surface area contributed by atoms with Gasteiger partial charge >= 0.3 is 0 Å². The van der Waals surface area contributed by atoms with Crippen molar-refractivity contribution in [3.05, 3.63) is 58.1 Å². The highest BCUT2D eigenvalue weighted by Gasteiger charge is 2.09. The molecule has 0 unspecified atom stereocenters. The molecule has 2 heterocycles. The minimum atomic E-state index is 0.498. The van der Waals surface area contributed by atoms with Gasteiger partial charge in [-0.05, 0) is 51.1 Å². The Morgan fingerprint density at radius 2 is 1.73 bits per heavy atom. The first-order valence-electron chi connectivity index (χ1n) is 6.84. The summed E-state index contributed by atoms with van der Waals surface area (Å²) in [5.74, 6) is 2.56. The number of benzene rings is 1. The smallest absolute Gasteiger partial charge is 0.224 e. The van der Waals surface area contributed by atoms with Gasteiger partial charge in [-0.25, -0.2) is 9.67 Å². The molecule has 0 saturated heterocycles. The zero-order valence-corrected chi connectivity index (χ0v) is 14.1. The van der Waals surface area contributed by atoms with E-state index in [4.69, 9.17) is 4.74 Å². The Labute approximate surface area is 137 Å². The molecule has 5 nitrogen and oxygen atoms in total. The van der Waals surface area contributed by atoms with Crippen molar-refractivity contribution in [1.29, 1.82) is 0 Å². The number of aromatic nitrogens is 4. The fourth-order valence-electron chi connectivity index (χ4n) is 2.17. The van der Waals surface area contributed by atoms with Gasteiger partial charge in [-0.15, -0.1) is 0 Å². The van der Waals surface area contributed by atoms with Crippen LogP contribution in [0, 0.1) is 20.8 Å². The van der Waals surface area contributed by atoms with Gasteiger partial charge < -0.3 is 4.74 Å². The molecule has 0 atom stereocenters. The van der Waals surface area contributed by atoms with Crippen LogP contribution in [0.2, 0.25) is 0 Å². The second-order valence-electron chi connectivity index (χ2n) is 5.01. The lowest BCUT2D eigenvalue weighted by Gasteiger charge is -2.09. The summed E-state index contributed by atoms with van der Waals surface area (Å²) in [6, 6.07) is 11.4. The molecule has 3 rings (SSSR count). The highest BCUT2D eigenvalue weighted by Crippen LogP contribution is 2.23. The van der Waals surface area contributed by atoms with Crippen LogP contribution in [0.3, 0.4) is 0 Å². The molecule has 22 heavy (non-hydrogen) atoms. The second kappa shape index (κ2) is 5.88. The van der Waals surface area contributed by atoms with Crippen LogP contribution in [-0.4, -0.2) is 19.7 Å². The standard InChI is InChI=1S/C16H15BrN4O/c1-10-8-11(2)21(20-10)15-9-16(19-12(3)18-15)22-14-6-4-13(17)5-7-14/h4-9H,1-3H3. The van der Waals surface area contributed by atoms with E-state index in [0.717, 1.165) is 21.6 Å². The molecule has 0 bridgehead atoms. The van der Waals surface area contributed by atoms with Crippen molar-refractivity contribution in [2.24, 2.45) is 0 Å². The first-order chi connectivity index (χ1) is 10.5. The van der Waals surface area contributed by atoms with E-state index >= 15 is 0 Å². The summed E-state index contributed by atoms with van der Waals surface area (Å²) in [5, 5.41) is 4.45. The summed E-state index contributed by atoms with van der Waals surface area (Å²) in [6.45, 7) is 5.78. The Morgan fingerprint density at radius 1 is 1.00 bits per heavy atom. The molecule has 0 radical (unpaired) electrons. The molecule has 112 valence electrons. The van der Waals surface area contributed by atoms with E-state index in [2.05, 4.69) is 31.0 Å². The van der Waals surface area contributed by atoms with E-state index in [1.165, 1.54) is 0 Å². The fourth-order valence-corrected chi connectivity index (χ4v) is 2.43. The van der Waals surface area contributed by atoms with Gasteiger partial charge in [0.05, 0.1) is 5.69 Å². The zero-order chi connectivity index (χ0) is 15.7. The van der Waals surface area contributed by atoms with E-state index in [1.54, 1.807) is 10.7 Å². The molecule has 0 aliphatic rings. The lowest BCUT2D eigenvalue weighted by atomic mass is 10.3. The van der Waals surface area contributed by atoms with E-state index in [9.17, 15) is 0 Å². The van der Waals surface area contributed by atoms with Crippen molar-refractivity contribution < 1.29 is 4.74 Å². The monoisotopic (exact) mass is 358 g/mol. The Kier molecular flexibility index (Phi) is 3.94. The molecular formula is C16H15BrN4O. The summed E-state index contributed by atoms with van der Waals surface area (Å²) in [4.78, 5) is 8.76. The predicted molar refractivity (Wildman–Crippen MR) is 87.6 cm³/mol. The topological polar surface area (TPSA) is 52.8 Å². The summed E-state index contributed by atoms with van der Waals surface area (Å²) in [5.41, 5.74) is 1.97. The van der Waals surface area contributed by atoms with Gasteiger partial charge in [0.2, 0.25) is 5.88 Å². The summed E-state index contributed by atoms with van der Waals surface area (Å²) in [6.07, 6.45) is 0. The zero-order valence-electron chi connectivity index (χ0n) is 12.5. The van der Waals surface area contributed by atoms with Gasteiger partial charge in [0.1, 0.15) is 11.6 Å². The van der Waals surface area contributed by atoms with Crippen molar-refractivity contribution >= 4 is 15.9 Å². The molecule has 2 aromatic heterocycles. The Balaban J connectivity index is 1.96. The number of hydrogen-bond donors (Lipinski definition) is 0. The normalized spacial score (nSPS) is 10.7. The quantitative estimate of drug-likeness (QED) is 0.705. The van der Waals surface area contributed by atoms with Crippen molar-refractivity contribution in [2.45, 2.75) is 20.8 Å². The van der Waals surface area contributed by atoms with Crippen LogP contribution in [-0.2, 0) is 0 Å². The van der Waals surface area contributed by atoms with Crippen molar-refractivity contribution in [3.63, 3.8) is 0 Å². The van der Waals surface area contributed by atoms with Crippen LogP contribution in [0.1, 0.15) is 17.2 Å². The molecule has 0 fully saturated rings. The third-order valence-electron chi connectivity index (χ3n) is 3.06. The van der Waals surface area contributed by atoms with Gasteiger partial charge in [0.25, 0.3) is 0 Å². The third-order valence-corrected chi connectivity index (χ3v) is 3.59. The SMILES string of the molecule is Cc1cc(C)n(-c2cc(Oc3ccc(Br)cc3)nc(C)n2)n1. The molecule has 0 saturated carbocycles. The minimum Gasteiger partial charge on any atom is -0.439 e. The average molecular weight is 359 g/mol. The lowest BCUT2D eigenvalue weighted by molar-refractivity contribution is 0.458. The van der Waals surface area contributed by atoms with Crippen LogP contribution in [0.4, 0.5) is 0 Å². The predicted octanol–water partition coefficient (Wildman–Crippen LogP) is 4.14. The highest BCUT2D eigenvalue weighted by atomic mass is 79.9. The van der Waals surface area contributed by atoms with Crippen LogP contribution in [0.25, 0.3) is 5.82 Å². The number of nitrogens with zero attached hydrogens (tertiary/aromatic N) is 4. The molecule has 0 spiro atoms. The van der Waals surface area contributed by atoms with E-state index < -0.39 is 0 Å². The summed E-state index contributed by atoms with van der Waals surface area (Å²) in [7, 11) is 0. The van der Waals surface area contributed by atoms with E-state index in [-0.39, 0.29) is 0 Å². The molecule has 0 aliphatic heterocycles. The fraction of sp³-hybridized carbons (Fsp3) is 0.188. The molecule has 3 aromatic rings. The summed E-state index contributed by atoms with van der Waals surface area (Å²) >= 11 is 3.40. The number of rotatable bonds is 3. The Bertz CT molecular complexity index is 812. The van der Waals surface area contributed by atoms with Crippen LogP contribution in [0.5, 0.6) is 11.6 Å². The van der Waals surface area contributed by atoms with E-state index in [0.29, 0.717) is 17.5 Å². The lowest BCUT2D eigenvalue weighted by Crippen LogP contribution is -2.05. The average Bonchev–Trinajstić information content (AvgIpc) is 2.80. The van der Waals surface area contributed by atoms with Crippen molar-refractivity contribution in [1.82, 2.24) is 19.7 Å². The van der Waals surface area contributed by atoms with Crippen molar-refractivity contribution in [2.75, 3.05) is 0 Å². The molecule has 0 aliphatic carbocycles. The third kappa shape index (κ3) is 3.17. The largest absolute Gasteiger partial charge is 0.439 e. The van der Waals surface area contributed by atoms with Gasteiger partial charge in [-0.1, -0.05) is 15.9 Å². The van der Waals surface area contributed by atoms with Gasteiger partial charge in [0, 0.05) is 16.2 Å². The van der Waals surface area contributed by atoms with Crippen LogP contribution >= 0.6 is 15.9 Å². The van der Waals surface area contributed by atoms with E-state index in [1.807, 2.05) is 51.1 Å². The molecule has 6 heteroatoms. The molecular weight excluding hydrogens is 344 g/mol. The maximum atomic E-state index is 5.81. The van der Waals surface area contributed by atoms with Gasteiger partial charge in [0.15, 0.2) is 5.82 Å². The maximum absolute atomic E-state index is 5.81. The summed E-state index contributed by atoms with van der Waals surface area (Å²) < 4.78 is 8.60. The molecule has 0 amide bonds. The van der Waals surface area contributed by atoms with Crippen molar-refractivity contribution in [3.8, 4) is 17.4 Å². The molecule has 0 N–H and O–H groups in total. The number of hydrogen-bond acceptors (Lipinski definition) is 4. The van der Waals surface area contributed by atoms with Crippen LogP contribution in [0.15, 0.2) is 40.9 Å². The number of aryl methyl sites for hydroxylation is 3.